The van der Waals surface area contributed by atoms with Gasteiger partial charge in [0.15, 0.2) is 0 Å². The molecule has 0 bridgehead atoms. The van der Waals surface area contributed by atoms with Crippen molar-refractivity contribution in [1.29, 1.82) is 0 Å². The fourth-order valence-corrected chi connectivity index (χ4v) is 1.65. The molecule has 102 valence electrons. The third-order valence-electron chi connectivity index (χ3n) is 2.53. The molecule has 0 unspecified atom stereocenters. The van der Waals surface area contributed by atoms with Crippen LogP contribution in [0.3, 0.4) is 0 Å². The zero-order chi connectivity index (χ0) is 14.2. The minimum atomic E-state index is 0.333. The van der Waals surface area contributed by atoms with E-state index < -0.39 is 0 Å². The molecule has 20 heavy (non-hydrogen) atoms. The zero-order valence-electron chi connectivity index (χ0n) is 11.1. The zero-order valence-corrected chi connectivity index (χ0v) is 11.9. The molecular weight excluding hydrogens is 274 g/mol. The van der Waals surface area contributed by atoms with Gasteiger partial charge in [-0.25, -0.2) is 4.98 Å². The number of nitrogens with zero attached hydrogens (tertiary/aromatic N) is 1. The lowest BCUT2D eigenvalue weighted by atomic mass is 10.2. The Bertz CT molecular complexity index is 614. The van der Waals surface area contributed by atoms with E-state index in [1.54, 1.807) is 13.2 Å². The van der Waals surface area contributed by atoms with E-state index in [4.69, 9.17) is 21.1 Å². The molecule has 4 heteroatoms. The number of hydrogen-bond acceptors (Lipinski definition) is 3. The van der Waals surface area contributed by atoms with E-state index in [9.17, 15) is 0 Å². The first kappa shape index (κ1) is 14.2. The molecule has 0 aliphatic heterocycles. The van der Waals surface area contributed by atoms with Gasteiger partial charge in [0.05, 0.1) is 18.7 Å². The summed E-state index contributed by atoms with van der Waals surface area (Å²) in [6, 6.07) is 13.1. The van der Waals surface area contributed by atoms with Crippen molar-refractivity contribution in [2.45, 2.75) is 6.61 Å². The van der Waals surface area contributed by atoms with Gasteiger partial charge in [0.25, 0.3) is 0 Å². The van der Waals surface area contributed by atoms with Gasteiger partial charge < -0.3 is 9.47 Å². The highest BCUT2D eigenvalue weighted by Gasteiger charge is 1.99. The summed E-state index contributed by atoms with van der Waals surface area (Å²) < 4.78 is 10.7. The van der Waals surface area contributed by atoms with Crippen molar-refractivity contribution >= 4 is 11.6 Å². The van der Waals surface area contributed by atoms with E-state index in [0.29, 0.717) is 18.4 Å². The highest BCUT2D eigenvalue weighted by atomic mass is 35.5. The molecule has 3 nitrogen and oxygen atoms in total. The molecule has 0 saturated carbocycles. The van der Waals surface area contributed by atoms with Gasteiger partial charge in [0.2, 0.25) is 5.88 Å². The number of alkyl halides is 1. The van der Waals surface area contributed by atoms with Crippen LogP contribution in [0, 0.1) is 11.8 Å². The Hall–Kier alpha value is -2.18. The van der Waals surface area contributed by atoms with Crippen LogP contribution in [0.1, 0.15) is 11.3 Å². The maximum absolute atomic E-state index is 5.66. The van der Waals surface area contributed by atoms with E-state index in [2.05, 4.69) is 16.8 Å². The third-order valence-corrected chi connectivity index (χ3v) is 2.66. The van der Waals surface area contributed by atoms with Crippen LogP contribution in [-0.2, 0) is 6.61 Å². The molecular formula is C16H14ClNO2. The van der Waals surface area contributed by atoms with Gasteiger partial charge in [-0.3, -0.25) is 0 Å². The van der Waals surface area contributed by atoms with Gasteiger partial charge in [-0.1, -0.05) is 17.9 Å². The lowest BCUT2D eigenvalue weighted by Gasteiger charge is -2.06. The molecule has 0 aliphatic rings. The molecule has 0 atom stereocenters. The second-order valence-corrected chi connectivity index (χ2v) is 4.19. The Labute approximate surface area is 123 Å². The summed E-state index contributed by atoms with van der Waals surface area (Å²) in [4.78, 5) is 4.28. The normalized spacial score (nSPS) is 9.50. The monoisotopic (exact) mass is 287 g/mol. The molecule has 1 aromatic heterocycles. The molecule has 0 spiro atoms. The average molecular weight is 288 g/mol. The van der Waals surface area contributed by atoms with Gasteiger partial charge in [-0.2, -0.15) is 0 Å². The molecule has 0 N–H and O–H groups in total. The number of methoxy groups -OCH3 is 1. The topological polar surface area (TPSA) is 31.4 Å². The molecule has 0 aliphatic carbocycles. The number of halogens is 1. The van der Waals surface area contributed by atoms with Crippen LogP contribution in [0.15, 0.2) is 42.5 Å². The van der Waals surface area contributed by atoms with Gasteiger partial charge in [0.1, 0.15) is 12.4 Å². The van der Waals surface area contributed by atoms with Crippen LogP contribution in [0.25, 0.3) is 0 Å². The Kier molecular flexibility index (Phi) is 5.28. The average Bonchev–Trinajstić information content (AvgIpc) is 2.52. The smallest absolute Gasteiger partial charge is 0.213 e. The Morgan fingerprint density at radius 1 is 1.15 bits per heavy atom. The molecule has 2 aromatic rings. The number of benzene rings is 1. The SMILES string of the molecule is COc1cccc(COc2ccc(C#CCCl)cc2)n1. The maximum atomic E-state index is 5.66. The first-order valence-electron chi connectivity index (χ1n) is 6.09. The molecule has 0 radical (unpaired) electrons. The lowest BCUT2D eigenvalue weighted by molar-refractivity contribution is 0.298. The van der Waals surface area contributed by atoms with Crippen molar-refractivity contribution in [3.05, 3.63) is 53.7 Å². The quantitative estimate of drug-likeness (QED) is 0.639. The predicted molar refractivity (Wildman–Crippen MR) is 79.2 cm³/mol. The Morgan fingerprint density at radius 3 is 2.65 bits per heavy atom. The fourth-order valence-electron chi connectivity index (χ4n) is 1.58. The maximum Gasteiger partial charge on any atom is 0.213 e. The van der Waals surface area contributed by atoms with Crippen LogP contribution >= 0.6 is 11.6 Å². The molecule has 1 heterocycles. The molecule has 0 amide bonds. The van der Waals surface area contributed by atoms with Crippen LogP contribution in [-0.4, -0.2) is 18.0 Å². The Morgan fingerprint density at radius 2 is 1.95 bits per heavy atom. The van der Waals surface area contributed by atoms with Crippen molar-refractivity contribution in [2.75, 3.05) is 13.0 Å². The van der Waals surface area contributed by atoms with Crippen LogP contribution in [0.5, 0.6) is 11.6 Å². The van der Waals surface area contributed by atoms with Crippen molar-refractivity contribution in [3.63, 3.8) is 0 Å². The van der Waals surface area contributed by atoms with Crippen LogP contribution in [0.2, 0.25) is 0 Å². The van der Waals surface area contributed by atoms with Crippen molar-refractivity contribution < 1.29 is 9.47 Å². The fraction of sp³-hybridized carbons (Fsp3) is 0.188. The summed E-state index contributed by atoms with van der Waals surface area (Å²) in [6.45, 7) is 0.393. The summed E-state index contributed by atoms with van der Waals surface area (Å²) in [5, 5.41) is 0. The third kappa shape index (κ3) is 4.18. The van der Waals surface area contributed by atoms with Crippen molar-refractivity contribution in [2.24, 2.45) is 0 Å². The van der Waals surface area contributed by atoms with Crippen molar-refractivity contribution in [1.82, 2.24) is 4.98 Å². The van der Waals surface area contributed by atoms with Gasteiger partial charge in [-0.05, 0) is 30.3 Å². The second-order valence-electron chi connectivity index (χ2n) is 3.92. The summed E-state index contributed by atoms with van der Waals surface area (Å²) in [5.74, 6) is 7.43. The van der Waals surface area contributed by atoms with Crippen LogP contribution < -0.4 is 9.47 Å². The van der Waals surface area contributed by atoms with Gasteiger partial charge in [-0.15, -0.1) is 11.6 Å². The minimum absolute atomic E-state index is 0.333. The number of hydrogen-bond donors (Lipinski definition) is 0. The summed E-state index contributed by atoms with van der Waals surface area (Å²) >= 11 is 5.51. The van der Waals surface area contributed by atoms with Crippen molar-refractivity contribution in [3.8, 4) is 23.5 Å². The van der Waals surface area contributed by atoms with E-state index in [1.165, 1.54) is 0 Å². The first-order valence-corrected chi connectivity index (χ1v) is 6.63. The number of pyridine rings is 1. The minimum Gasteiger partial charge on any atom is -0.487 e. The Balaban J connectivity index is 1.96. The van der Waals surface area contributed by atoms with E-state index in [0.717, 1.165) is 17.0 Å². The molecule has 1 aromatic carbocycles. The summed E-state index contributed by atoms with van der Waals surface area (Å²) in [7, 11) is 1.59. The van der Waals surface area contributed by atoms with E-state index in [-0.39, 0.29) is 0 Å². The van der Waals surface area contributed by atoms with E-state index >= 15 is 0 Å². The summed E-state index contributed by atoms with van der Waals surface area (Å²) in [6.07, 6.45) is 0. The first-order chi connectivity index (χ1) is 9.81. The highest BCUT2D eigenvalue weighted by Crippen LogP contribution is 2.14. The van der Waals surface area contributed by atoms with Gasteiger partial charge in [0, 0.05) is 11.6 Å². The number of rotatable bonds is 4. The molecule has 2 rings (SSSR count). The molecule has 0 saturated heterocycles. The largest absolute Gasteiger partial charge is 0.487 e. The standard InChI is InChI=1S/C16H14ClNO2/c1-19-16-6-2-5-14(18-16)12-20-15-9-7-13(8-10-15)4-3-11-17/h2,5-10H,11-12H2,1H3. The summed E-state index contributed by atoms with van der Waals surface area (Å²) in [5.41, 5.74) is 1.73. The number of aromatic nitrogens is 1. The second kappa shape index (κ2) is 7.42. The van der Waals surface area contributed by atoms with E-state index in [1.807, 2.05) is 36.4 Å². The predicted octanol–water partition coefficient (Wildman–Crippen LogP) is 3.26. The lowest BCUT2D eigenvalue weighted by Crippen LogP contribution is -1.99. The number of ether oxygens (including phenoxy) is 2. The molecule has 0 fully saturated rings. The van der Waals surface area contributed by atoms with Gasteiger partial charge >= 0.3 is 0 Å². The highest BCUT2D eigenvalue weighted by molar-refractivity contribution is 6.19. The van der Waals surface area contributed by atoms with Crippen LogP contribution in [0.4, 0.5) is 0 Å².